The maximum Gasteiger partial charge on any atom is 0.182 e. The number of allylic oxidation sites excluding steroid dienone is 2. The Morgan fingerprint density at radius 2 is 1.83 bits per heavy atom. The van der Waals surface area contributed by atoms with Crippen molar-refractivity contribution in [1.82, 2.24) is 0 Å². The first-order valence-corrected chi connectivity index (χ1v) is 20.4. The standard InChI is InChI=1S/C47H56O7/c1-5-28-20-31(13-12-29(28)16-17-48)35-21-33-23-38(49)34(19-27(2)3)22-36(33)46-44(51-4)26-42-37(45(35)46)25-39(50)47(54-42)32-14-15-41-43(24-32)53-40-11-7-6-9-30(40)10-8-18-52-41/h12-15,22-24,26-31,35,39-40,47-50H,5-7,9-11,16-17,19-21,25H2,1-4H3/t28-,29+,30-,31-,35-,39-,40-,47+/m1/s1. The second-order valence-electron chi connectivity index (χ2n) is 16.8. The Morgan fingerprint density at radius 3 is 2.63 bits per heavy atom. The van der Waals surface area contributed by atoms with Gasteiger partial charge in [-0.05, 0) is 127 Å². The highest BCUT2D eigenvalue weighted by atomic mass is 16.5. The summed E-state index contributed by atoms with van der Waals surface area (Å²) in [7, 11) is 1.72. The molecule has 1 fully saturated rings. The number of methoxy groups -OCH3 is 1. The summed E-state index contributed by atoms with van der Waals surface area (Å²) in [6.45, 7) is 6.78. The molecule has 0 unspecified atom stereocenters. The normalized spacial score (nSPS) is 28.1. The number of aromatic hydroxyl groups is 1. The van der Waals surface area contributed by atoms with Crippen LogP contribution < -0.4 is 18.9 Å². The van der Waals surface area contributed by atoms with Crippen molar-refractivity contribution in [2.45, 2.75) is 116 Å². The predicted octanol–water partition coefficient (Wildman–Crippen LogP) is 9.22. The maximum atomic E-state index is 12.1. The van der Waals surface area contributed by atoms with Gasteiger partial charge < -0.3 is 34.3 Å². The Morgan fingerprint density at radius 1 is 0.981 bits per heavy atom. The van der Waals surface area contributed by atoms with Crippen molar-refractivity contribution >= 4 is 0 Å². The predicted molar refractivity (Wildman–Crippen MR) is 210 cm³/mol. The van der Waals surface area contributed by atoms with Crippen LogP contribution in [0.2, 0.25) is 0 Å². The number of hydrogen-bond acceptors (Lipinski definition) is 7. The lowest BCUT2D eigenvalue weighted by atomic mass is 9.65. The van der Waals surface area contributed by atoms with Gasteiger partial charge in [0.05, 0.1) is 13.2 Å². The highest BCUT2D eigenvalue weighted by Gasteiger charge is 2.42. The van der Waals surface area contributed by atoms with Gasteiger partial charge in [-0.2, -0.15) is 0 Å². The average molecular weight is 733 g/mol. The van der Waals surface area contributed by atoms with Crippen LogP contribution in [0.25, 0.3) is 11.1 Å². The largest absolute Gasteiger partial charge is 0.508 e. The molecule has 1 saturated carbocycles. The molecule has 54 heavy (non-hydrogen) atoms. The lowest BCUT2D eigenvalue weighted by molar-refractivity contribution is 0.0197. The topological polar surface area (TPSA) is 97.6 Å². The van der Waals surface area contributed by atoms with E-state index < -0.39 is 12.2 Å². The van der Waals surface area contributed by atoms with Crippen LogP contribution in [0.1, 0.15) is 112 Å². The number of aliphatic hydroxyl groups excluding tert-OH is 2. The zero-order chi connectivity index (χ0) is 37.5. The first-order chi connectivity index (χ1) is 26.3. The number of phenolic OH excluding ortho intramolecular Hbond substituents is 1. The zero-order valence-electron chi connectivity index (χ0n) is 32.3. The van der Waals surface area contributed by atoms with Crippen LogP contribution in [0.15, 0.2) is 48.6 Å². The van der Waals surface area contributed by atoms with Crippen LogP contribution in [-0.4, -0.2) is 41.2 Å². The fraction of sp³-hybridized carbons (Fsp3) is 0.532. The van der Waals surface area contributed by atoms with Crippen molar-refractivity contribution in [1.29, 1.82) is 0 Å². The highest BCUT2D eigenvalue weighted by Crippen LogP contribution is 2.56. The van der Waals surface area contributed by atoms with Gasteiger partial charge in [0.15, 0.2) is 11.5 Å². The molecular weight excluding hydrogens is 677 g/mol. The number of hydrogen-bond donors (Lipinski definition) is 3. The van der Waals surface area contributed by atoms with E-state index in [1.807, 2.05) is 30.3 Å². The van der Waals surface area contributed by atoms with Gasteiger partial charge in [0.25, 0.3) is 0 Å². The summed E-state index contributed by atoms with van der Waals surface area (Å²) >= 11 is 0. The van der Waals surface area contributed by atoms with Gasteiger partial charge in [0.2, 0.25) is 0 Å². The first kappa shape index (κ1) is 36.8. The van der Waals surface area contributed by atoms with E-state index in [0.29, 0.717) is 47.3 Å². The smallest absolute Gasteiger partial charge is 0.182 e. The van der Waals surface area contributed by atoms with Gasteiger partial charge in [-0.3, -0.25) is 0 Å². The van der Waals surface area contributed by atoms with Crippen molar-refractivity contribution in [2.24, 2.45) is 29.6 Å². The Kier molecular flexibility index (Phi) is 10.6. The van der Waals surface area contributed by atoms with Crippen LogP contribution in [-0.2, 0) is 19.3 Å². The third kappa shape index (κ3) is 6.97. The van der Waals surface area contributed by atoms with E-state index in [-0.39, 0.29) is 24.5 Å². The molecule has 0 amide bonds. The van der Waals surface area contributed by atoms with Crippen LogP contribution >= 0.6 is 0 Å². The van der Waals surface area contributed by atoms with Gasteiger partial charge >= 0.3 is 0 Å². The van der Waals surface area contributed by atoms with E-state index in [1.54, 1.807) is 7.11 Å². The van der Waals surface area contributed by atoms with Gasteiger partial charge in [-0.25, -0.2) is 0 Å². The molecule has 286 valence electrons. The van der Waals surface area contributed by atoms with Crippen molar-refractivity contribution in [3.05, 3.63) is 76.4 Å². The van der Waals surface area contributed by atoms with Crippen molar-refractivity contribution in [3.8, 4) is 51.9 Å². The lowest BCUT2D eigenvalue weighted by Crippen LogP contribution is -2.34. The third-order valence-corrected chi connectivity index (χ3v) is 13.0. The molecule has 3 N–H and O–H groups in total. The van der Waals surface area contributed by atoms with E-state index in [0.717, 1.165) is 103 Å². The average Bonchev–Trinajstić information content (AvgIpc) is 3.26. The SMILES string of the molecule is CC[C@@H]1C[C@H]([C@H]2Cc3cc(O)c(CC(C)C)cc3-c3c(OC)cc4c(c32)C[C@@H](O)[C@H](c2ccc3c(c2)O[C@@H]2CCCC[C@@H]2CC#CO3)O4)C=C[C@H]1CCO. The molecule has 0 spiro atoms. The molecule has 0 aromatic heterocycles. The van der Waals surface area contributed by atoms with E-state index in [1.165, 1.54) is 12.0 Å². The molecule has 2 aliphatic heterocycles. The summed E-state index contributed by atoms with van der Waals surface area (Å²) in [5.74, 6) is 8.19. The Labute approximate surface area is 320 Å². The number of aliphatic hydroxyl groups is 2. The van der Waals surface area contributed by atoms with E-state index in [2.05, 4.69) is 51.0 Å². The molecule has 0 bridgehead atoms. The number of phenols is 1. The first-order valence-electron chi connectivity index (χ1n) is 20.4. The molecule has 3 aromatic carbocycles. The monoisotopic (exact) mass is 732 g/mol. The number of ether oxygens (including phenoxy) is 4. The van der Waals surface area contributed by atoms with E-state index in [9.17, 15) is 15.3 Å². The molecule has 8 atom stereocenters. The van der Waals surface area contributed by atoms with E-state index in [4.69, 9.17) is 18.9 Å². The Hall–Kier alpha value is -4.12. The maximum absolute atomic E-state index is 12.1. The lowest BCUT2D eigenvalue weighted by Gasteiger charge is -2.42. The minimum absolute atomic E-state index is 0.0836. The van der Waals surface area contributed by atoms with Crippen molar-refractivity contribution < 1.29 is 34.3 Å². The van der Waals surface area contributed by atoms with Gasteiger partial charge in [0, 0.05) is 42.6 Å². The summed E-state index contributed by atoms with van der Waals surface area (Å²) in [5, 5.41) is 33.1. The minimum Gasteiger partial charge on any atom is -0.508 e. The number of benzene rings is 3. The molecule has 0 radical (unpaired) electrons. The minimum atomic E-state index is -0.801. The summed E-state index contributed by atoms with van der Waals surface area (Å²) in [5.41, 5.74) is 7.25. The highest BCUT2D eigenvalue weighted by molar-refractivity contribution is 5.83. The Bertz CT molecular complexity index is 1950. The van der Waals surface area contributed by atoms with Gasteiger partial charge in [-0.1, -0.05) is 57.8 Å². The molecule has 2 heterocycles. The molecule has 7 nitrogen and oxygen atoms in total. The number of rotatable bonds is 8. The van der Waals surface area contributed by atoms with Gasteiger partial charge in [0.1, 0.15) is 35.6 Å². The van der Waals surface area contributed by atoms with Crippen molar-refractivity contribution in [3.63, 3.8) is 0 Å². The molecular formula is C47H56O7. The quantitative estimate of drug-likeness (QED) is 0.157. The summed E-state index contributed by atoms with van der Waals surface area (Å²) in [6.07, 6.45) is 16.3. The third-order valence-electron chi connectivity index (χ3n) is 13.0. The zero-order valence-corrected chi connectivity index (χ0v) is 32.3. The molecule has 3 aliphatic carbocycles. The molecule has 7 heteroatoms. The Balaban J connectivity index is 1.21. The second kappa shape index (κ2) is 15.6. The summed E-state index contributed by atoms with van der Waals surface area (Å²) in [6, 6.07) is 12.0. The second-order valence-corrected chi connectivity index (χ2v) is 16.8. The molecule has 8 rings (SSSR count). The summed E-state index contributed by atoms with van der Waals surface area (Å²) in [4.78, 5) is 0. The molecule has 5 aliphatic rings. The number of fused-ring (bicyclic) bond motifs is 7. The molecule has 3 aromatic rings. The van der Waals surface area contributed by atoms with Crippen LogP contribution in [0.3, 0.4) is 0 Å². The van der Waals surface area contributed by atoms with E-state index >= 15 is 0 Å². The van der Waals surface area contributed by atoms with Crippen LogP contribution in [0, 0.1) is 41.6 Å². The fourth-order valence-corrected chi connectivity index (χ4v) is 10.2. The fourth-order valence-electron chi connectivity index (χ4n) is 10.2. The van der Waals surface area contributed by atoms with Crippen LogP contribution in [0.4, 0.5) is 0 Å². The summed E-state index contributed by atoms with van der Waals surface area (Å²) < 4.78 is 25.7. The van der Waals surface area contributed by atoms with Gasteiger partial charge in [-0.15, -0.1) is 0 Å². The molecule has 0 saturated heterocycles. The van der Waals surface area contributed by atoms with Crippen LogP contribution in [0.5, 0.6) is 28.7 Å². The van der Waals surface area contributed by atoms with Crippen molar-refractivity contribution in [2.75, 3.05) is 13.7 Å².